The molecule has 1 aromatic carbocycles. The van der Waals surface area contributed by atoms with Crippen molar-refractivity contribution in [2.75, 3.05) is 13.2 Å². The third-order valence-electron chi connectivity index (χ3n) is 4.37. The zero-order valence-electron chi connectivity index (χ0n) is 12.7. The zero-order valence-corrected chi connectivity index (χ0v) is 12.7. The van der Waals surface area contributed by atoms with E-state index in [-0.39, 0.29) is 18.7 Å². The molecule has 1 atom stereocenters. The van der Waals surface area contributed by atoms with Crippen LogP contribution in [-0.4, -0.2) is 40.2 Å². The van der Waals surface area contributed by atoms with E-state index in [0.717, 1.165) is 42.4 Å². The van der Waals surface area contributed by atoms with Gasteiger partial charge in [0, 0.05) is 30.4 Å². The lowest BCUT2D eigenvalue weighted by molar-refractivity contribution is 0.131. The Kier molecular flexibility index (Phi) is 4.63. The SMILES string of the molecule is O=C(NCc1cc2ccccc2[nH]1)N1CCCCC1CCO. The molecule has 2 aromatic rings. The van der Waals surface area contributed by atoms with E-state index in [1.165, 1.54) is 0 Å². The number of rotatable bonds is 4. The van der Waals surface area contributed by atoms with Crippen LogP contribution in [0.3, 0.4) is 0 Å². The summed E-state index contributed by atoms with van der Waals surface area (Å²) < 4.78 is 0. The molecule has 0 spiro atoms. The molecule has 1 unspecified atom stereocenters. The van der Waals surface area contributed by atoms with Gasteiger partial charge in [0.1, 0.15) is 0 Å². The van der Waals surface area contributed by atoms with Gasteiger partial charge in [-0.15, -0.1) is 0 Å². The summed E-state index contributed by atoms with van der Waals surface area (Å²) in [6.07, 6.45) is 3.83. The molecular weight excluding hydrogens is 278 g/mol. The van der Waals surface area contributed by atoms with Crippen LogP contribution < -0.4 is 5.32 Å². The fraction of sp³-hybridized carbons (Fsp3) is 0.471. The Morgan fingerprint density at radius 3 is 3.05 bits per heavy atom. The topological polar surface area (TPSA) is 68.4 Å². The number of hydrogen-bond acceptors (Lipinski definition) is 2. The molecule has 2 amide bonds. The number of carbonyl (C=O) groups excluding carboxylic acids is 1. The summed E-state index contributed by atoms with van der Waals surface area (Å²) in [5.74, 6) is 0. The van der Waals surface area contributed by atoms with Crippen molar-refractivity contribution in [3.05, 3.63) is 36.0 Å². The Hall–Kier alpha value is -2.01. The normalized spacial score (nSPS) is 18.6. The number of aromatic nitrogens is 1. The van der Waals surface area contributed by atoms with Gasteiger partial charge in [-0.1, -0.05) is 18.2 Å². The fourth-order valence-corrected chi connectivity index (χ4v) is 3.22. The van der Waals surface area contributed by atoms with E-state index in [4.69, 9.17) is 5.11 Å². The van der Waals surface area contributed by atoms with Crippen molar-refractivity contribution in [2.45, 2.75) is 38.3 Å². The summed E-state index contributed by atoms with van der Waals surface area (Å²) in [5.41, 5.74) is 2.09. The number of H-pyrrole nitrogens is 1. The van der Waals surface area contributed by atoms with Gasteiger partial charge in [-0.2, -0.15) is 0 Å². The number of nitrogens with zero attached hydrogens (tertiary/aromatic N) is 1. The molecule has 0 bridgehead atoms. The number of aromatic amines is 1. The molecule has 3 N–H and O–H groups in total. The summed E-state index contributed by atoms with van der Waals surface area (Å²) in [6.45, 7) is 1.41. The molecule has 3 rings (SSSR count). The second kappa shape index (κ2) is 6.83. The van der Waals surface area contributed by atoms with Crippen LogP contribution >= 0.6 is 0 Å². The third kappa shape index (κ3) is 3.25. The summed E-state index contributed by atoms with van der Waals surface area (Å²) in [4.78, 5) is 17.6. The number of aliphatic hydroxyl groups is 1. The summed E-state index contributed by atoms with van der Waals surface area (Å²) in [5, 5.41) is 13.3. The Labute approximate surface area is 130 Å². The highest BCUT2D eigenvalue weighted by molar-refractivity contribution is 5.80. The van der Waals surface area contributed by atoms with Gasteiger partial charge in [-0.3, -0.25) is 0 Å². The van der Waals surface area contributed by atoms with Crippen molar-refractivity contribution in [1.82, 2.24) is 15.2 Å². The first-order chi connectivity index (χ1) is 10.8. The van der Waals surface area contributed by atoms with E-state index in [0.29, 0.717) is 13.0 Å². The molecule has 1 aliphatic rings. The molecule has 5 heteroatoms. The monoisotopic (exact) mass is 301 g/mol. The smallest absolute Gasteiger partial charge is 0.317 e. The zero-order chi connectivity index (χ0) is 15.4. The molecule has 1 saturated heterocycles. The highest BCUT2D eigenvalue weighted by Crippen LogP contribution is 2.20. The van der Waals surface area contributed by atoms with Crippen LogP contribution in [0.4, 0.5) is 4.79 Å². The predicted molar refractivity (Wildman–Crippen MR) is 86.6 cm³/mol. The maximum atomic E-state index is 12.4. The number of para-hydroxylation sites is 1. The third-order valence-corrected chi connectivity index (χ3v) is 4.37. The summed E-state index contributed by atoms with van der Waals surface area (Å²) in [6, 6.07) is 10.3. The van der Waals surface area contributed by atoms with Crippen LogP contribution in [0.15, 0.2) is 30.3 Å². The second-order valence-electron chi connectivity index (χ2n) is 5.90. The Bertz CT molecular complexity index is 603. The van der Waals surface area contributed by atoms with Crippen molar-refractivity contribution >= 4 is 16.9 Å². The molecule has 22 heavy (non-hydrogen) atoms. The van der Waals surface area contributed by atoms with E-state index in [2.05, 4.69) is 22.4 Å². The van der Waals surface area contributed by atoms with Gasteiger partial charge in [0.15, 0.2) is 0 Å². The largest absolute Gasteiger partial charge is 0.396 e. The van der Waals surface area contributed by atoms with Gasteiger partial charge < -0.3 is 20.3 Å². The minimum atomic E-state index is -0.0307. The van der Waals surface area contributed by atoms with Crippen molar-refractivity contribution in [3.63, 3.8) is 0 Å². The lowest BCUT2D eigenvalue weighted by Crippen LogP contribution is -2.48. The second-order valence-corrected chi connectivity index (χ2v) is 5.90. The maximum Gasteiger partial charge on any atom is 0.317 e. The average Bonchev–Trinajstić information content (AvgIpc) is 2.96. The molecule has 0 radical (unpaired) electrons. The lowest BCUT2D eigenvalue weighted by atomic mass is 10.0. The first kappa shape index (κ1) is 14.9. The number of carbonyl (C=O) groups is 1. The number of nitrogens with one attached hydrogen (secondary N) is 2. The Balaban J connectivity index is 1.61. The van der Waals surface area contributed by atoms with Gasteiger partial charge >= 0.3 is 6.03 Å². The van der Waals surface area contributed by atoms with E-state index >= 15 is 0 Å². The number of urea groups is 1. The van der Waals surface area contributed by atoms with Crippen molar-refractivity contribution in [3.8, 4) is 0 Å². The van der Waals surface area contributed by atoms with E-state index in [1.807, 2.05) is 23.1 Å². The molecular formula is C17H23N3O2. The first-order valence-electron chi connectivity index (χ1n) is 8.00. The highest BCUT2D eigenvalue weighted by atomic mass is 16.3. The van der Waals surface area contributed by atoms with Crippen molar-refractivity contribution < 1.29 is 9.90 Å². The fourth-order valence-electron chi connectivity index (χ4n) is 3.22. The molecule has 1 fully saturated rings. The van der Waals surface area contributed by atoms with Gasteiger partial charge in [0.05, 0.1) is 6.54 Å². The van der Waals surface area contributed by atoms with E-state index in [1.54, 1.807) is 0 Å². The standard InChI is InChI=1S/C17H23N3O2/c21-10-8-15-6-3-4-9-20(15)17(22)18-12-14-11-13-5-1-2-7-16(13)19-14/h1-2,5,7,11,15,19,21H,3-4,6,8-10,12H2,(H,18,22). The van der Waals surface area contributed by atoms with Gasteiger partial charge in [-0.25, -0.2) is 4.79 Å². The number of amides is 2. The van der Waals surface area contributed by atoms with Gasteiger partial charge in [0.2, 0.25) is 0 Å². The number of likely N-dealkylation sites (tertiary alicyclic amines) is 1. The minimum absolute atomic E-state index is 0.0307. The molecule has 1 aromatic heterocycles. The number of fused-ring (bicyclic) bond motifs is 1. The average molecular weight is 301 g/mol. The van der Waals surface area contributed by atoms with Crippen LogP contribution in [0.5, 0.6) is 0 Å². The van der Waals surface area contributed by atoms with Crippen molar-refractivity contribution in [2.24, 2.45) is 0 Å². The predicted octanol–water partition coefficient (Wildman–Crippen LogP) is 2.61. The van der Waals surface area contributed by atoms with Crippen LogP contribution in [0.2, 0.25) is 0 Å². The minimum Gasteiger partial charge on any atom is -0.396 e. The molecule has 5 nitrogen and oxygen atoms in total. The summed E-state index contributed by atoms with van der Waals surface area (Å²) >= 11 is 0. The molecule has 118 valence electrons. The number of aliphatic hydroxyl groups excluding tert-OH is 1. The Morgan fingerprint density at radius 2 is 2.23 bits per heavy atom. The van der Waals surface area contributed by atoms with Crippen LogP contribution in [0, 0.1) is 0 Å². The van der Waals surface area contributed by atoms with E-state index < -0.39 is 0 Å². The van der Waals surface area contributed by atoms with Crippen LogP contribution in [0.1, 0.15) is 31.4 Å². The molecule has 2 heterocycles. The van der Waals surface area contributed by atoms with E-state index in [9.17, 15) is 4.79 Å². The summed E-state index contributed by atoms with van der Waals surface area (Å²) in [7, 11) is 0. The molecule has 0 aliphatic carbocycles. The number of hydrogen-bond donors (Lipinski definition) is 3. The highest BCUT2D eigenvalue weighted by Gasteiger charge is 2.25. The lowest BCUT2D eigenvalue weighted by Gasteiger charge is -2.35. The van der Waals surface area contributed by atoms with Gasteiger partial charge in [-0.05, 0) is 43.2 Å². The maximum absolute atomic E-state index is 12.4. The van der Waals surface area contributed by atoms with Gasteiger partial charge in [0.25, 0.3) is 0 Å². The quantitative estimate of drug-likeness (QED) is 0.812. The van der Waals surface area contributed by atoms with Crippen LogP contribution in [0.25, 0.3) is 10.9 Å². The molecule has 0 saturated carbocycles. The first-order valence-corrected chi connectivity index (χ1v) is 8.00. The van der Waals surface area contributed by atoms with Crippen molar-refractivity contribution in [1.29, 1.82) is 0 Å². The van der Waals surface area contributed by atoms with Crippen LogP contribution in [-0.2, 0) is 6.54 Å². The molecule has 1 aliphatic heterocycles. The number of benzene rings is 1. The number of piperidine rings is 1. The Morgan fingerprint density at radius 1 is 1.36 bits per heavy atom.